The Kier molecular flexibility index (Phi) is 6.11. The fourth-order valence-electron chi connectivity index (χ4n) is 2.06. The number of hydrogen-bond donors (Lipinski definition) is 1. The summed E-state index contributed by atoms with van der Waals surface area (Å²) in [5, 5.41) is 2.96. The van der Waals surface area contributed by atoms with Crippen LogP contribution in [-0.4, -0.2) is 30.6 Å². The Labute approximate surface area is 136 Å². The van der Waals surface area contributed by atoms with Crippen LogP contribution in [0.25, 0.3) is 0 Å². The van der Waals surface area contributed by atoms with Gasteiger partial charge in [-0.3, -0.25) is 9.78 Å². The lowest BCUT2D eigenvalue weighted by atomic mass is 10.1. The van der Waals surface area contributed by atoms with Gasteiger partial charge in [-0.1, -0.05) is 6.07 Å². The highest BCUT2D eigenvalue weighted by atomic mass is 16.5. The van der Waals surface area contributed by atoms with Gasteiger partial charge in [0.2, 0.25) is 0 Å². The number of methoxy groups -OCH3 is 1. The van der Waals surface area contributed by atoms with E-state index in [0.717, 1.165) is 12.0 Å². The second-order valence-corrected chi connectivity index (χ2v) is 5.42. The van der Waals surface area contributed by atoms with E-state index in [1.54, 1.807) is 43.8 Å². The molecule has 0 aliphatic rings. The molecule has 1 amide bonds. The Hall–Kier alpha value is -2.40. The van der Waals surface area contributed by atoms with Crippen LogP contribution in [0.15, 0.2) is 42.7 Å². The van der Waals surface area contributed by atoms with E-state index < -0.39 is 0 Å². The molecule has 0 saturated carbocycles. The maximum atomic E-state index is 12.3. The van der Waals surface area contributed by atoms with Crippen molar-refractivity contribution in [2.75, 3.05) is 13.7 Å². The molecular weight excluding hydrogens is 292 g/mol. The molecule has 5 nitrogen and oxygen atoms in total. The normalized spacial score (nSPS) is 11.8. The smallest absolute Gasteiger partial charge is 0.251 e. The molecule has 0 spiro atoms. The van der Waals surface area contributed by atoms with E-state index in [1.165, 1.54) is 0 Å². The van der Waals surface area contributed by atoms with E-state index in [4.69, 9.17) is 9.47 Å². The standard InChI is InChI=1S/C18H22N2O3/c1-13-4-5-15(18(21)20-14(2)8-11-22-3)12-17(13)23-16-6-9-19-10-7-16/h4-7,9-10,12,14H,8,11H2,1-3H3,(H,20,21). The van der Waals surface area contributed by atoms with Gasteiger partial charge in [0.25, 0.3) is 5.91 Å². The van der Waals surface area contributed by atoms with Crippen LogP contribution < -0.4 is 10.1 Å². The summed E-state index contributed by atoms with van der Waals surface area (Å²) in [7, 11) is 1.65. The first-order valence-electron chi connectivity index (χ1n) is 7.58. The highest BCUT2D eigenvalue weighted by Gasteiger charge is 2.12. The number of aryl methyl sites for hydroxylation is 1. The van der Waals surface area contributed by atoms with Crippen molar-refractivity contribution in [1.82, 2.24) is 10.3 Å². The van der Waals surface area contributed by atoms with Crippen LogP contribution in [-0.2, 0) is 4.74 Å². The Morgan fingerprint density at radius 3 is 2.70 bits per heavy atom. The summed E-state index contributed by atoms with van der Waals surface area (Å²) >= 11 is 0. The van der Waals surface area contributed by atoms with Crippen molar-refractivity contribution in [3.05, 3.63) is 53.9 Å². The van der Waals surface area contributed by atoms with Crippen molar-refractivity contribution < 1.29 is 14.3 Å². The SMILES string of the molecule is COCCC(C)NC(=O)c1ccc(C)c(Oc2ccncc2)c1. The van der Waals surface area contributed by atoms with E-state index in [9.17, 15) is 4.79 Å². The van der Waals surface area contributed by atoms with Crippen molar-refractivity contribution in [2.24, 2.45) is 0 Å². The molecule has 2 rings (SSSR count). The summed E-state index contributed by atoms with van der Waals surface area (Å²) in [6, 6.07) is 9.04. The molecule has 0 aliphatic carbocycles. The Morgan fingerprint density at radius 1 is 1.26 bits per heavy atom. The van der Waals surface area contributed by atoms with Crippen LogP contribution in [0.3, 0.4) is 0 Å². The van der Waals surface area contributed by atoms with Gasteiger partial charge in [0.15, 0.2) is 0 Å². The zero-order valence-corrected chi connectivity index (χ0v) is 13.7. The molecule has 5 heteroatoms. The molecule has 1 unspecified atom stereocenters. The lowest BCUT2D eigenvalue weighted by Gasteiger charge is -2.15. The van der Waals surface area contributed by atoms with Crippen LogP contribution in [0.5, 0.6) is 11.5 Å². The number of hydrogen-bond acceptors (Lipinski definition) is 4. The summed E-state index contributed by atoms with van der Waals surface area (Å²) in [5.41, 5.74) is 1.54. The fraction of sp³-hybridized carbons (Fsp3) is 0.333. The van der Waals surface area contributed by atoms with Crippen LogP contribution in [0.2, 0.25) is 0 Å². The number of benzene rings is 1. The van der Waals surface area contributed by atoms with Crippen LogP contribution in [0, 0.1) is 6.92 Å². The van der Waals surface area contributed by atoms with E-state index in [1.807, 2.05) is 19.9 Å². The molecule has 0 bridgehead atoms. The molecule has 1 atom stereocenters. The molecule has 0 saturated heterocycles. The van der Waals surface area contributed by atoms with E-state index >= 15 is 0 Å². The maximum absolute atomic E-state index is 12.3. The Balaban J connectivity index is 2.08. The van der Waals surface area contributed by atoms with Gasteiger partial charge in [-0.25, -0.2) is 0 Å². The number of carbonyl (C=O) groups is 1. The van der Waals surface area contributed by atoms with E-state index in [-0.39, 0.29) is 11.9 Å². The molecule has 0 fully saturated rings. The largest absolute Gasteiger partial charge is 0.457 e. The molecule has 1 heterocycles. The van der Waals surface area contributed by atoms with Crippen molar-refractivity contribution in [1.29, 1.82) is 0 Å². The minimum Gasteiger partial charge on any atom is -0.457 e. The fourth-order valence-corrected chi connectivity index (χ4v) is 2.06. The molecule has 0 radical (unpaired) electrons. The van der Waals surface area contributed by atoms with Gasteiger partial charge >= 0.3 is 0 Å². The number of pyridine rings is 1. The summed E-state index contributed by atoms with van der Waals surface area (Å²) in [5.74, 6) is 1.23. The van der Waals surface area contributed by atoms with E-state index in [2.05, 4.69) is 10.3 Å². The van der Waals surface area contributed by atoms with Gasteiger partial charge in [-0.15, -0.1) is 0 Å². The third-order valence-electron chi connectivity index (χ3n) is 3.46. The van der Waals surface area contributed by atoms with Crippen LogP contribution >= 0.6 is 0 Å². The number of nitrogens with zero attached hydrogens (tertiary/aromatic N) is 1. The Bertz CT molecular complexity index is 644. The number of amides is 1. The molecular formula is C18H22N2O3. The monoisotopic (exact) mass is 314 g/mol. The minimum atomic E-state index is -0.117. The second kappa shape index (κ2) is 8.29. The average Bonchev–Trinajstić information content (AvgIpc) is 2.56. The predicted octanol–water partition coefficient (Wildman–Crippen LogP) is 3.34. The van der Waals surface area contributed by atoms with Crippen LogP contribution in [0.1, 0.15) is 29.3 Å². The molecule has 1 N–H and O–H groups in total. The second-order valence-electron chi connectivity index (χ2n) is 5.42. The number of ether oxygens (including phenoxy) is 2. The lowest BCUT2D eigenvalue weighted by molar-refractivity contribution is 0.0929. The van der Waals surface area contributed by atoms with Crippen molar-refractivity contribution in [3.63, 3.8) is 0 Å². The third kappa shape index (κ3) is 5.07. The predicted molar refractivity (Wildman–Crippen MR) is 88.9 cm³/mol. The minimum absolute atomic E-state index is 0.0494. The quantitative estimate of drug-likeness (QED) is 0.851. The molecule has 122 valence electrons. The topological polar surface area (TPSA) is 60.5 Å². The van der Waals surface area contributed by atoms with Crippen molar-refractivity contribution in [3.8, 4) is 11.5 Å². The zero-order valence-electron chi connectivity index (χ0n) is 13.7. The maximum Gasteiger partial charge on any atom is 0.251 e. The van der Waals surface area contributed by atoms with Gasteiger partial charge in [0.1, 0.15) is 11.5 Å². The van der Waals surface area contributed by atoms with Crippen molar-refractivity contribution >= 4 is 5.91 Å². The van der Waals surface area contributed by atoms with Crippen LogP contribution in [0.4, 0.5) is 0 Å². The average molecular weight is 314 g/mol. The Morgan fingerprint density at radius 2 is 2.00 bits per heavy atom. The number of carbonyl (C=O) groups excluding carboxylic acids is 1. The van der Waals surface area contributed by atoms with Crippen molar-refractivity contribution in [2.45, 2.75) is 26.3 Å². The molecule has 2 aromatic rings. The summed E-state index contributed by atoms with van der Waals surface area (Å²) in [6.07, 6.45) is 4.10. The number of aromatic nitrogens is 1. The van der Waals surface area contributed by atoms with Gasteiger partial charge in [-0.2, -0.15) is 0 Å². The van der Waals surface area contributed by atoms with Gasteiger partial charge in [0, 0.05) is 37.7 Å². The molecule has 1 aromatic heterocycles. The summed E-state index contributed by atoms with van der Waals surface area (Å²) in [6.45, 7) is 4.52. The first kappa shape index (κ1) is 17.0. The number of rotatable bonds is 7. The highest BCUT2D eigenvalue weighted by molar-refractivity contribution is 5.94. The van der Waals surface area contributed by atoms with Gasteiger partial charge < -0.3 is 14.8 Å². The third-order valence-corrected chi connectivity index (χ3v) is 3.46. The summed E-state index contributed by atoms with van der Waals surface area (Å²) in [4.78, 5) is 16.3. The molecule has 23 heavy (non-hydrogen) atoms. The first-order valence-corrected chi connectivity index (χ1v) is 7.58. The molecule has 1 aromatic carbocycles. The summed E-state index contributed by atoms with van der Waals surface area (Å²) < 4.78 is 10.9. The number of nitrogens with one attached hydrogen (secondary N) is 1. The zero-order chi connectivity index (χ0) is 16.7. The first-order chi connectivity index (χ1) is 11.1. The van der Waals surface area contributed by atoms with E-state index in [0.29, 0.717) is 23.7 Å². The van der Waals surface area contributed by atoms with Gasteiger partial charge in [-0.05, 0) is 50.1 Å². The molecule has 0 aliphatic heterocycles. The highest BCUT2D eigenvalue weighted by Crippen LogP contribution is 2.25. The van der Waals surface area contributed by atoms with Gasteiger partial charge in [0.05, 0.1) is 0 Å². The lowest BCUT2D eigenvalue weighted by Crippen LogP contribution is -2.33.